The Morgan fingerprint density at radius 2 is 1.67 bits per heavy atom. The highest BCUT2D eigenvalue weighted by molar-refractivity contribution is 6.24. The highest BCUT2D eigenvalue weighted by Gasteiger charge is 2.46. The molecular weight excluding hydrogens is 809 g/mol. The Kier molecular flexibility index (Phi) is 12.1. The number of aromatic nitrogens is 5. The number of piperazine rings is 1. The van der Waals surface area contributed by atoms with Crippen molar-refractivity contribution in [1.29, 1.82) is 0 Å². The van der Waals surface area contributed by atoms with Crippen LogP contribution in [0.25, 0.3) is 11.2 Å². The third-order valence-electron chi connectivity index (χ3n) is 13.0. The number of aryl methyl sites for hydroxylation is 1. The molecule has 0 spiro atoms. The molecule has 6 amide bonds. The van der Waals surface area contributed by atoms with Crippen LogP contribution in [0.15, 0.2) is 49.1 Å². The van der Waals surface area contributed by atoms with Gasteiger partial charge in [0.1, 0.15) is 29.3 Å². The van der Waals surface area contributed by atoms with Crippen molar-refractivity contribution in [1.82, 2.24) is 54.7 Å². The fourth-order valence-corrected chi connectivity index (χ4v) is 9.38. The third-order valence-corrected chi connectivity index (χ3v) is 13.0. The first-order chi connectivity index (χ1) is 30.6. The van der Waals surface area contributed by atoms with Gasteiger partial charge in [-0.05, 0) is 82.2 Å². The summed E-state index contributed by atoms with van der Waals surface area (Å²) in [5.74, 6) is -1.40. The van der Waals surface area contributed by atoms with Crippen molar-refractivity contribution in [2.24, 2.45) is 5.92 Å². The van der Waals surface area contributed by atoms with Crippen LogP contribution in [-0.4, -0.2) is 157 Å². The van der Waals surface area contributed by atoms with Gasteiger partial charge < -0.3 is 34.6 Å². The van der Waals surface area contributed by atoms with Gasteiger partial charge in [0.25, 0.3) is 23.6 Å². The van der Waals surface area contributed by atoms with Crippen LogP contribution in [-0.2, 0) is 14.4 Å². The van der Waals surface area contributed by atoms with Gasteiger partial charge in [0.15, 0.2) is 18.1 Å². The fourth-order valence-electron chi connectivity index (χ4n) is 9.38. The minimum atomic E-state index is -1.08. The molecule has 1 aliphatic carbocycles. The largest absolute Gasteiger partial charge is 0.483 e. The number of imidazole rings is 1. The number of hydrogen-bond donors (Lipinski definition) is 3. The lowest BCUT2D eigenvalue weighted by Crippen LogP contribution is -2.54. The van der Waals surface area contributed by atoms with Gasteiger partial charge in [0.2, 0.25) is 11.8 Å². The molecule has 330 valence electrons. The first kappa shape index (κ1) is 42.0. The van der Waals surface area contributed by atoms with E-state index in [1.807, 2.05) is 25.4 Å². The molecule has 0 bridgehead atoms. The number of hydrogen-bond acceptors (Lipinski definition) is 14. The second kappa shape index (κ2) is 18.2. The average Bonchev–Trinajstić information content (AvgIpc) is 3.81. The van der Waals surface area contributed by atoms with E-state index in [2.05, 4.69) is 50.3 Å². The van der Waals surface area contributed by atoms with Gasteiger partial charge in [0.05, 0.1) is 17.5 Å². The molecule has 19 nitrogen and oxygen atoms in total. The van der Waals surface area contributed by atoms with Crippen molar-refractivity contribution in [3.05, 3.63) is 71.6 Å². The molecule has 1 unspecified atom stereocenters. The van der Waals surface area contributed by atoms with E-state index in [1.54, 1.807) is 29.4 Å². The van der Waals surface area contributed by atoms with Gasteiger partial charge in [-0.15, -0.1) is 0 Å². The molecule has 4 aliphatic heterocycles. The molecule has 1 saturated carbocycles. The average molecular weight is 861 g/mol. The van der Waals surface area contributed by atoms with Crippen molar-refractivity contribution in [2.45, 2.75) is 70.0 Å². The van der Waals surface area contributed by atoms with E-state index in [9.17, 15) is 28.8 Å². The van der Waals surface area contributed by atoms with E-state index in [4.69, 9.17) is 4.74 Å². The Morgan fingerprint density at radius 3 is 2.44 bits per heavy atom. The van der Waals surface area contributed by atoms with Gasteiger partial charge in [-0.25, -0.2) is 19.9 Å². The van der Waals surface area contributed by atoms with Crippen LogP contribution in [0.3, 0.4) is 0 Å². The monoisotopic (exact) mass is 860 g/mol. The number of ether oxygens (including phenoxy) is 1. The second-order valence-electron chi connectivity index (χ2n) is 17.2. The highest BCUT2D eigenvalue weighted by atomic mass is 16.5. The van der Waals surface area contributed by atoms with E-state index in [1.165, 1.54) is 6.07 Å². The standard InChI is InChI=1S/C44H52N12O7/c1-27-5-2-7-32(49-27)41(59)50-29-21-30(22-29)55-26-48-38-39(46-25-47-40(38)55)45-13-4-14-52-17-19-53(20-18-52)23-28-11-15-54(16-12-28)36(58)24-63-34-8-3-6-31-37(34)44(62)56(43(31)61)33-9-10-35(57)51-42(33)60/h2-3,5-8,25-26,28-30,33H,4,9-24H2,1H3,(H,50,59)(H,45,46,47)(H,51,57,60). The molecule has 1 atom stereocenters. The van der Waals surface area contributed by atoms with E-state index in [0.29, 0.717) is 24.7 Å². The molecule has 19 heteroatoms. The zero-order valence-electron chi connectivity index (χ0n) is 35.3. The van der Waals surface area contributed by atoms with Crippen molar-refractivity contribution in [3.63, 3.8) is 0 Å². The molecule has 3 N–H and O–H groups in total. The first-order valence-electron chi connectivity index (χ1n) is 22.0. The molecule has 5 aliphatic rings. The lowest BCUT2D eigenvalue weighted by atomic mass is 9.86. The van der Waals surface area contributed by atoms with Crippen LogP contribution in [0.5, 0.6) is 5.75 Å². The normalized spacial score (nSPS) is 22.2. The van der Waals surface area contributed by atoms with E-state index < -0.39 is 29.7 Å². The van der Waals surface area contributed by atoms with Gasteiger partial charge in [0, 0.05) is 76.6 Å². The van der Waals surface area contributed by atoms with Crippen molar-refractivity contribution < 1.29 is 33.5 Å². The van der Waals surface area contributed by atoms with E-state index in [0.717, 1.165) is 105 Å². The number of carbonyl (C=O) groups excluding carboxylic acids is 6. The number of carbonyl (C=O) groups is 6. The summed E-state index contributed by atoms with van der Waals surface area (Å²) in [5, 5.41) is 8.77. The predicted octanol–water partition coefficient (Wildman–Crippen LogP) is 1.80. The summed E-state index contributed by atoms with van der Waals surface area (Å²) in [6.45, 7) is 9.61. The molecule has 4 fully saturated rings. The number of nitrogens with zero attached hydrogens (tertiary/aromatic N) is 9. The molecule has 3 aromatic heterocycles. The quantitative estimate of drug-likeness (QED) is 0.122. The summed E-state index contributed by atoms with van der Waals surface area (Å²) in [6.07, 6.45) is 7.84. The molecule has 9 rings (SSSR count). The third kappa shape index (κ3) is 8.97. The fraction of sp³-hybridized carbons (Fsp3) is 0.500. The number of nitrogens with one attached hydrogen (secondary N) is 3. The summed E-state index contributed by atoms with van der Waals surface area (Å²) in [5.41, 5.74) is 2.93. The van der Waals surface area contributed by atoms with Crippen LogP contribution in [0, 0.1) is 12.8 Å². The minimum Gasteiger partial charge on any atom is -0.483 e. The number of piperidine rings is 2. The van der Waals surface area contributed by atoms with Crippen LogP contribution in [0.2, 0.25) is 0 Å². The number of anilines is 1. The summed E-state index contributed by atoms with van der Waals surface area (Å²) < 4.78 is 7.94. The summed E-state index contributed by atoms with van der Waals surface area (Å²) in [7, 11) is 0. The zero-order chi connectivity index (χ0) is 43.6. The zero-order valence-corrected chi connectivity index (χ0v) is 35.3. The van der Waals surface area contributed by atoms with Crippen molar-refractivity contribution in [3.8, 4) is 5.75 Å². The molecular formula is C44H52N12O7. The number of pyridine rings is 1. The Bertz CT molecular complexity index is 2420. The summed E-state index contributed by atoms with van der Waals surface area (Å²) >= 11 is 0. The second-order valence-corrected chi connectivity index (χ2v) is 17.2. The van der Waals surface area contributed by atoms with Crippen LogP contribution in [0.1, 0.15) is 87.9 Å². The summed E-state index contributed by atoms with van der Waals surface area (Å²) in [4.78, 5) is 102. The molecule has 4 aromatic rings. The van der Waals surface area contributed by atoms with Gasteiger partial charge in [-0.1, -0.05) is 12.1 Å². The van der Waals surface area contributed by atoms with Gasteiger partial charge >= 0.3 is 0 Å². The maximum atomic E-state index is 13.4. The summed E-state index contributed by atoms with van der Waals surface area (Å²) in [6, 6.07) is 9.27. The predicted molar refractivity (Wildman–Crippen MR) is 228 cm³/mol. The number of benzene rings is 1. The lowest BCUT2D eigenvalue weighted by molar-refractivity contribution is -0.136. The van der Waals surface area contributed by atoms with Crippen molar-refractivity contribution in [2.75, 3.05) is 70.8 Å². The molecule has 63 heavy (non-hydrogen) atoms. The topological polar surface area (TPSA) is 217 Å². The Morgan fingerprint density at radius 1 is 0.889 bits per heavy atom. The SMILES string of the molecule is Cc1cccc(C(=O)NC2CC(n3cnc4c(NCCCN5CCN(CC6CCN(C(=O)COc7cccc8c7C(=O)N(C7CCC(=O)NC7=O)C8=O)CC6)CC5)ncnc43)C2)n1. The molecule has 3 saturated heterocycles. The van der Waals surface area contributed by atoms with Crippen LogP contribution < -0.4 is 20.7 Å². The first-order valence-corrected chi connectivity index (χ1v) is 22.0. The Hall–Kier alpha value is -6.34. The highest BCUT2D eigenvalue weighted by Crippen LogP contribution is 2.36. The van der Waals surface area contributed by atoms with Gasteiger partial charge in [-0.2, -0.15) is 0 Å². The minimum absolute atomic E-state index is 0.0301. The number of fused-ring (bicyclic) bond motifs is 2. The number of imide groups is 2. The Balaban J connectivity index is 0.662. The van der Waals surface area contributed by atoms with Crippen LogP contribution >= 0.6 is 0 Å². The molecule has 7 heterocycles. The van der Waals surface area contributed by atoms with Crippen molar-refractivity contribution >= 4 is 52.4 Å². The van der Waals surface area contributed by atoms with E-state index in [-0.39, 0.29) is 60.2 Å². The van der Waals surface area contributed by atoms with E-state index >= 15 is 0 Å². The Labute approximate surface area is 363 Å². The lowest BCUT2D eigenvalue weighted by Gasteiger charge is -2.39. The van der Waals surface area contributed by atoms with Crippen LogP contribution in [0.4, 0.5) is 5.82 Å². The molecule has 1 aromatic carbocycles. The molecule has 0 radical (unpaired) electrons. The number of amides is 6. The number of rotatable bonds is 14. The maximum Gasteiger partial charge on any atom is 0.270 e. The van der Waals surface area contributed by atoms with Gasteiger partial charge in [-0.3, -0.25) is 39.0 Å². The maximum absolute atomic E-state index is 13.4. The number of likely N-dealkylation sites (tertiary alicyclic amines) is 1. The smallest absolute Gasteiger partial charge is 0.270 e.